The molecule has 27 nitrogen and oxygen atoms in total. The normalized spacial score (nSPS) is 16.4. The topological polar surface area (TPSA) is 327 Å². The van der Waals surface area contributed by atoms with Crippen molar-refractivity contribution in [1.82, 2.24) is 9.80 Å². The van der Waals surface area contributed by atoms with Crippen LogP contribution in [0.3, 0.4) is 0 Å². The van der Waals surface area contributed by atoms with Crippen LogP contribution in [-0.2, 0) is 19.6 Å². The second kappa shape index (κ2) is 27.3. The lowest BCUT2D eigenvalue weighted by atomic mass is 10.1. The first-order valence-corrected chi connectivity index (χ1v) is 24.9. The summed E-state index contributed by atoms with van der Waals surface area (Å²) in [6.07, 6.45) is 0. The SMILES string of the molecule is CC#N.O=[N+]([O-])c1ccc(N2CCN3CCN(c4ccc([N+](=O)[O-])cc4[N+](=O)[O-])Cc4cccc(c4)OCCN(CCOc4cccc(c4)C2)CCOc2cccc(c2)CN(c2ccc([N+](=O)[O-])cc2[N+](=O)[O-])CC3)c([N+](=O)[O-])c1. The van der Waals surface area contributed by atoms with Crippen molar-refractivity contribution >= 4 is 51.2 Å². The summed E-state index contributed by atoms with van der Waals surface area (Å²) in [7, 11) is 0. The largest absolute Gasteiger partial charge is 0.492 e. The Hall–Kier alpha value is -10.1. The van der Waals surface area contributed by atoms with E-state index in [4.69, 9.17) is 19.5 Å². The van der Waals surface area contributed by atoms with Crippen LogP contribution in [0.25, 0.3) is 0 Å². The maximum atomic E-state index is 12.7. The number of non-ortho nitro benzene ring substituents is 3. The molecule has 27 heteroatoms. The zero-order valence-electron chi connectivity index (χ0n) is 43.2. The van der Waals surface area contributed by atoms with Crippen molar-refractivity contribution in [3.63, 3.8) is 0 Å². The van der Waals surface area contributed by atoms with E-state index in [1.54, 1.807) is 93.6 Å². The molecule has 0 spiro atoms. The highest BCUT2D eigenvalue weighted by Gasteiger charge is 2.29. The maximum Gasteiger partial charge on any atom is 0.299 e. The van der Waals surface area contributed by atoms with Gasteiger partial charge in [-0.15, -0.1) is 0 Å². The van der Waals surface area contributed by atoms with E-state index < -0.39 is 63.7 Å². The molecular weight excluding hydrogens is 1040 g/mol. The Morgan fingerprint density at radius 2 is 0.662 bits per heavy atom. The Balaban J connectivity index is 0.00000301. The van der Waals surface area contributed by atoms with Gasteiger partial charge in [-0.2, -0.15) is 5.26 Å². The lowest BCUT2D eigenvalue weighted by Crippen LogP contribution is -2.43. The zero-order valence-corrected chi connectivity index (χ0v) is 43.2. The quantitative estimate of drug-likeness (QED) is 0.0963. The van der Waals surface area contributed by atoms with E-state index in [1.165, 1.54) is 43.3 Å². The number of rotatable bonds is 9. The Kier molecular flexibility index (Phi) is 19.7. The Labute approximate surface area is 456 Å². The molecule has 80 heavy (non-hydrogen) atoms. The number of nitrogens with zero attached hydrogens (tertiary/aromatic N) is 12. The third-order valence-electron chi connectivity index (χ3n) is 13.0. The first kappa shape index (κ1) is 57.6. The van der Waals surface area contributed by atoms with Crippen LogP contribution in [0, 0.1) is 72.0 Å². The molecule has 6 aromatic carbocycles. The molecule has 3 aliphatic rings. The van der Waals surface area contributed by atoms with E-state index in [9.17, 15) is 60.7 Å². The molecular formula is C53H54N12O15. The van der Waals surface area contributed by atoms with Crippen molar-refractivity contribution in [3.05, 3.63) is 205 Å². The molecule has 0 radical (unpaired) electrons. The van der Waals surface area contributed by atoms with Crippen molar-refractivity contribution in [3.8, 4) is 23.3 Å². The summed E-state index contributed by atoms with van der Waals surface area (Å²) in [6.45, 7) is 3.81. The fourth-order valence-corrected chi connectivity index (χ4v) is 9.17. The fraction of sp³-hybridized carbons (Fsp3) is 0.302. The number of nitro groups is 6. The first-order valence-electron chi connectivity index (χ1n) is 24.9. The second-order valence-corrected chi connectivity index (χ2v) is 18.2. The van der Waals surface area contributed by atoms with Crippen LogP contribution < -0.4 is 28.9 Å². The van der Waals surface area contributed by atoms with Gasteiger partial charge in [0.25, 0.3) is 34.1 Å². The van der Waals surface area contributed by atoms with Gasteiger partial charge in [0, 0.05) is 104 Å². The van der Waals surface area contributed by atoms with Gasteiger partial charge in [-0.05, 0) is 71.3 Å². The van der Waals surface area contributed by atoms with Crippen molar-refractivity contribution in [2.45, 2.75) is 26.6 Å². The number of hydrogen-bond acceptors (Lipinski definition) is 21. The van der Waals surface area contributed by atoms with E-state index in [2.05, 4.69) is 4.90 Å². The van der Waals surface area contributed by atoms with E-state index in [1.807, 2.05) is 4.90 Å². The maximum absolute atomic E-state index is 12.7. The molecule has 0 unspecified atom stereocenters. The number of fused-ring (bicyclic) bond motifs is 15. The van der Waals surface area contributed by atoms with Gasteiger partial charge in [0.2, 0.25) is 0 Å². The van der Waals surface area contributed by atoms with Gasteiger partial charge in [0.1, 0.15) is 54.1 Å². The standard InChI is InChI=1S/C51H51N11O15.C2H3N/c63-57(64)40-10-13-46(49(31-40)60(69)70)54-19-16-52-17-20-55(47-14-11-41(58(65)66)32-50(47)61(71)72)35-38-5-2-8-44(29-38)76-26-23-53(22-25-75-43-7-1-4-37(28-43)34-54)24-27-77-45-9-3-6-39(30-45)36-56(21-18-52)48-15-12-42(59(67)68)33-51(48)62(73)74;1-2-3/h1-15,28-33H,16-27,34-36H2;1H3. The molecule has 0 fully saturated rings. The molecule has 0 saturated heterocycles. The van der Waals surface area contributed by atoms with Gasteiger partial charge in [-0.1, -0.05) is 36.4 Å². The third kappa shape index (κ3) is 15.5. The predicted molar refractivity (Wildman–Crippen MR) is 292 cm³/mol. The van der Waals surface area contributed by atoms with Crippen molar-refractivity contribution in [2.24, 2.45) is 0 Å². The van der Waals surface area contributed by atoms with Gasteiger partial charge < -0.3 is 28.9 Å². The minimum absolute atomic E-state index is 0.0207. The molecule has 416 valence electrons. The number of hydrogen-bond donors (Lipinski definition) is 0. The van der Waals surface area contributed by atoms with Crippen LogP contribution in [-0.4, -0.2) is 118 Å². The monoisotopic (exact) mass is 1100 g/mol. The summed E-state index contributed by atoms with van der Waals surface area (Å²) in [6, 6.07) is 33.3. The third-order valence-corrected chi connectivity index (χ3v) is 13.0. The number of nitriles is 1. The van der Waals surface area contributed by atoms with Crippen LogP contribution in [0.1, 0.15) is 23.6 Å². The Morgan fingerprint density at radius 1 is 0.388 bits per heavy atom. The molecule has 0 atom stereocenters. The fourth-order valence-electron chi connectivity index (χ4n) is 9.17. The Bertz CT molecular complexity index is 2960. The molecule has 0 aromatic heterocycles. The van der Waals surface area contributed by atoms with Crippen LogP contribution in [0.15, 0.2) is 127 Å². The number of benzene rings is 6. The van der Waals surface area contributed by atoms with Gasteiger partial charge in [0.05, 0.1) is 53.8 Å². The average Bonchev–Trinajstić information content (AvgIpc) is 3.43. The lowest BCUT2D eigenvalue weighted by molar-refractivity contribution is -0.394. The predicted octanol–water partition coefficient (Wildman–Crippen LogP) is 8.85. The van der Waals surface area contributed by atoms with Crippen LogP contribution in [0.4, 0.5) is 51.2 Å². The summed E-state index contributed by atoms with van der Waals surface area (Å²) >= 11 is 0. The minimum atomic E-state index is -0.731. The molecule has 0 saturated carbocycles. The summed E-state index contributed by atoms with van der Waals surface area (Å²) in [5, 5.41) is 81.2. The summed E-state index contributed by atoms with van der Waals surface area (Å²) in [4.78, 5) is 78.7. The number of nitro benzene ring substituents is 6. The average molecular weight is 1100 g/mol. The number of anilines is 3. The van der Waals surface area contributed by atoms with E-state index in [0.717, 1.165) is 18.2 Å². The molecule has 0 N–H and O–H groups in total. The van der Waals surface area contributed by atoms with E-state index in [-0.39, 0.29) is 95.8 Å². The van der Waals surface area contributed by atoms with Gasteiger partial charge in [0.15, 0.2) is 0 Å². The molecule has 9 rings (SSSR count). The van der Waals surface area contributed by atoms with Crippen molar-refractivity contribution in [2.75, 3.05) is 93.4 Å². The summed E-state index contributed by atoms with van der Waals surface area (Å²) in [5.74, 6) is 1.52. The van der Waals surface area contributed by atoms with Crippen molar-refractivity contribution in [1.29, 1.82) is 5.26 Å². The van der Waals surface area contributed by atoms with Crippen LogP contribution in [0.2, 0.25) is 0 Å². The highest BCUT2D eigenvalue weighted by molar-refractivity contribution is 5.69. The molecule has 3 aliphatic heterocycles. The highest BCUT2D eigenvalue weighted by Crippen LogP contribution is 2.37. The zero-order chi connectivity index (χ0) is 57.3. The smallest absolute Gasteiger partial charge is 0.299 e. The highest BCUT2D eigenvalue weighted by atomic mass is 16.6. The molecule has 3 heterocycles. The first-order chi connectivity index (χ1) is 38.5. The number of ether oxygens (including phenoxy) is 3. The second-order valence-electron chi connectivity index (χ2n) is 18.2. The van der Waals surface area contributed by atoms with Crippen molar-refractivity contribution < 1.29 is 43.8 Å². The summed E-state index contributed by atoms with van der Waals surface area (Å²) < 4.78 is 18.9. The van der Waals surface area contributed by atoms with Gasteiger partial charge in [-0.25, -0.2) is 0 Å². The van der Waals surface area contributed by atoms with Crippen LogP contribution >= 0.6 is 0 Å². The van der Waals surface area contributed by atoms with E-state index >= 15 is 0 Å². The molecule has 8 bridgehead atoms. The molecule has 0 amide bonds. The Morgan fingerprint density at radius 3 is 0.925 bits per heavy atom. The van der Waals surface area contributed by atoms with Gasteiger partial charge >= 0.3 is 0 Å². The molecule has 0 aliphatic carbocycles. The van der Waals surface area contributed by atoms with Crippen LogP contribution in [0.5, 0.6) is 17.2 Å². The van der Waals surface area contributed by atoms with Gasteiger partial charge in [-0.3, -0.25) is 70.5 Å². The minimum Gasteiger partial charge on any atom is -0.492 e. The van der Waals surface area contributed by atoms with E-state index in [0.29, 0.717) is 53.6 Å². The lowest BCUT2D eigenvalue weighted by Gasteiger charge is -2.33. The molecule has 6 aromatic rings. The summed E-state index contributed by atoms with van der Waals surface area (Å²) in [5.41, 5.74) is -0.931.